The van der Waals surface area contributed by atoms with E-state index in [1.807, 2.05) is 17.9 Å². The molecule has 0 radical (unpaired) electrons. The molecule has 1 atom stereocenters. The average Bonchev–Trinajstić information content (AvgIpc) is 2.34. The Hall–Kier alpha value is -0.790. The van der Waals surface area contributed by atoms with E-state index in [1.54, 1.807) is 0 Å². The molecule has 1 heterocycles. The highest BCUT2D eigenvalue weighted by Crippen LogP contribution is 2.20. The van der Waals surface area contributed by atoms with E-state index in [4.69, 9.17) is 0 Å². The molecule has 1 aromatic rings. The summed E-state index contributed by atoms with van der Waals surface area (Å²) in [7, 11) is 2.00. The predicted octanol–water partition coefficient (Wildman–Crippen LogP) is 2.18. The van der Waals surface area contributed by atoms with Gasteiger partial charge in [0.1, 0.15) is 0 Å². The fourth-order valence-corrected chi connectivity index (χ4v) is 1.01. The minimum Gasteiger partial charge on any atom is -0.340 e. The molecule has 0 aliphatic rings. The van der Waals surface area contributed by atoms with Crippen molar-refractivity contribution in [1.29, 1.82) is 0 Å². The molecule has 11 heavy (non-hydrogen) atoms. The fraction of sp³-hybridized carbons (Fsp3) is 0.667. The van der Waals surface area contributed by atoms with Crippen LogP contribution in [0.15, 0.2) is 12.5 Å². The monoisotopic (exact) mass is 152 g/mol. The van der Waals surface area contributed by atoms with Crippen LogP contribution in [0.3, 0.4) is 0 Å². The summed E-state index contributed by atoms with van der Waals surface area (Å²) in [5.41, 5.74) is 1.20. The zero-order chi connectivity index (χ0) is 8.43. The summed E-state index contributed by atoms with van der Waals surface area (Å²) in [4.78, 5) is 4.30. The summed E-state index contributed by atoms with van der Waals surface area (Å²) >= 11 is 0. The van der Waals surface area contributed by atoms with E-state index in [-0.39, 0.29) is 0 Å². The van der Waals surface area contributed by atoms with Gasteiger partial charge < -0.3 is 4.57 Å². The Balaban J connectivity index is 2.76. The molecule has 0 aliphatic heterocycles. The zero-order valence-electron chi connectivity index (χ0n) is 7.70. The molecular formula is C9H16N2. The van der Waals surface area contributed by atoms with Gasteiger partial charge in [-0.1, -0.05) is 20.8 Å². The van der Waals surface area contributed by atoms with E-state index < -0.39 is 0 Å². The highest BCUT2D eigenvalue weighted by Gasteiger charge is 2.11. The fourth-order valence-electron chi connectivity index (χ4n) is 1.01. The maximum atomic E-state index is 4.30. The van der Waals surface area contributed by atoms with E-state index in [9.17, 15) is 0 Å². The van der Waals surface area contributed by atoms with Crippen molar-refractivity contribution in [3.63, 3.8) is 0 Å². The zero-order valence-corrected chi connectivity index (χ0v) is 7.70. The molecule has 0 saturated heterocycles. The van der Waals surface area contributed by atoms with Crippen LogP contribution in [0.5, 0.6) is 0 Å². The summed E-state index contributed by atoms with van der Waals surface area (Å²) in [5.74, 6) is 1.24. The van der Waals surface area contributed by atoms with Crippen molar-refractivity contribution in [2.45, 2.75) is 26.7 Å². The maximum Gasteiger partial charge on any atom is 0.0946 e. The summed E-state index contributed by atoms with van der Waals surface area (Å²) in [6.07, 6.45) is 3.94. The van der Waals surface area contributed by atoms with Crippen LogP contribution >= 0.6 is 0 Å². The van der Waals surface area contributed by atoms with Crippen LogP contribution in [0, 0.1) is 5.92 Å². The van der Waals surface area contributed by atoms with Crippen molar-refractivity contribution in [3.05, 3.63) is 18.2 Å². The van der Waals surface area contributed by atoms with Crippen molar-refractivity contribution < 1.29 is 0 Å². The second-order valence-electron chi connectivity index (χ2n) is 3.50. The lowest BCUT2D eigenvalue weighted by Gasteiger charge is -2.11. The Morgan fingerprint density at radius 2 is 2.00 bits per heavy atom. The van der Waals surface area contributed by atoms with Gasteiger partial charge in [-0.25, -0.2) is 4.98 Å². The van der Waals surface area contributed by atoms with Gasteiger partial charge in [-0.15, -0.1) is 0 Å². The van der Waals surface area contributed by atoms with Gasteiger partial charge in [-0.2, -0.15) is 0 Å². The van der Waals surface area contributed by atoms with Crippen LogP contribution in [-0.4, -0.2) is 9.55 Å². The van der Waals surface area contributed by atoms with Crippen LogP contribution in [0.25, 0.3) is 0 Å². The first kappa shape index (κ1) is 8.31. The highest BCUT2D eigenvalue weighted by atomic mass is 15.0. The average molecular weight is 152 g/mol. The molecular weight excluding hydrogens is 136 g/mol. The molecule has 0 unspecified atom stereocenters. The van der Waals surface area contributed by atoms with Crippen molar-refractivity contribution in [2.75, 3.05) is 0 Å². The van der Waals surface area contributed by atoms with Crippen LogP contribution in [0.4, 0.5) is 0 Å². The molecule has 0 aliphatic carbocycles. The molecule has 62 valence electrons. The molecule has 2 heteroatoms. The van der Waals surface area contributed by atoms with Gasteiger partial charge in [0.2, 0.25) is 0 Å². The summed E-state index contributed by atoms with van der Waals surface area (Å²) in [6, 6.07) is 0. The lowest BCUT2D eigenvalue weighted by Crippen LogP contribution is -2.01. The second-order valence-corrected chi connectivity index (χ2v) is 3.50. The Labute approximate surface area is 68.3 Å². The highest BCUT2D eigenvalue weighted by molar-refractivity contribution is 5.03. The SMILES string of the molecule is CC(C)[C@@H](C)c1cn(C)cn1. The number of imidazole rings is 1. The molecule has 0 bridgehead atoms. The molecule has 0 aromatic carbocycles. The molecule has 1 aromatic heterocycles. The molecule has 0 amide bonds. The predicted molar refractivity (Wildman–Crippen MR) is 46.5 cm³/mol. The standard InChI is InChI=1S/C9H16N2/c1-7(2)8(3)9-5-11(4)6-10-9/h5-8H,1-4H3/t8-/m1/s1. The van der Waals surface area contributed by atoms with E-state index in [1.165, 1.54) is 5.69 Å². The summed E-state index contributed by atoms with van der Waals surface area (Å²) in [6.45, 7) is 6.66. The number of aromatic nitrogens is 2. The second kappa shape index (κ2) is 3.07. The largest absolute Gasteiger partial charge is 0.340 e. The van der Waals surface area contributed by atoms with E-state index in [0.29, 0.717) is 11.8 Å². The van der Waals surface area contributed by atoms with Crippen LogP contribution in [0.1, 0.15) is 32.4 Å². The topological polar surface area (TPSA) is 17.8 Å². The van der Waals surface area contributed by atoms with Crippen molar-refractivity contribution in [1.82, 2.24) is 9.55 Å². The lowest BCUT2D eigenvalue weighted by molar-refractivity contribution is 0.525. The minimum atomic E-state index is 0.566. The van der Waals surface area contributed by atoms with E-state index in [0.717, 1.165) is 0 Å². The Bertz CT molecular complexity index is 225. The van der Waals surface area contributed by atoms with Gasteiger partial charge in [-0.05, 0) is 5.92 Å². The van der Waals surface area contributed by atoms with E-state index in [2.05, 4.69) is 32.0 Å². The van der Waals surface area contributed by atoms with Crippen LogP contribution in [0.2, 0.25) is 0 Å². The number of rotatable bonds is 2. The Morgan fingerprint density at radius 3 is 2.36 bits per heavy atom. The molecule has 1 rings (SSSR count). The first-order valence-corrected chi connectivity index (χ1v) is 4.09. The van der Waals surface area contributed by atoms with Crippen LogP contribution in [-0.2, 0) is 7.05 Å². The van der Waals surface area contributed by atoms with Gasteiger partial charge in [0, 0.05) is 19.2 Å². The van der Waals surface area contributed by atoms with Crippen molar-refractivity contribution in [3.8, 4) is 0 Å². The first-order valence-electron chi connectivity index (χ1n) is 4.09. The molecule has 0 saturated carbocycles. The van der Waals surface area contributed by atoms with Gasteiger partial charge in [0.25, 0.3) is 0 Å². The third-order valence-corrected chi connectivity index (χ3v) is 2.19. The molecule has 2 nitrogen and oxygen atoms in total. The summed E-state index contributed by atoms with van der Waals surface area (Å²) in [5, 5.41) is 0. The molecule has 0 spiro atoms. The van der Waals surface area contributed by atoms with Gasteiger partial charge in [-0.3, -0.25) is 0 Å². The van der Waals surface area contributed by atoms with E-state index >= 15 is 0 Å². The number of nitrogens with zero attached hydrogens (tertiary/aromatic N) is 2. The smallest absolute Gasteiger partial charge is 0.0946 e. The third-order valence-electron chi connectivity index (χ3n) is 2.19. The van der Waals surface area contributed by atoms with Gasteiger partial charge in [0.05, 0.1) is 12.0 Å². The quantitative estimate of drug-likeness (QED) is 0.635. The van der Waals surface area contributed by atoms with Crippen molar-refractivity contribution in [2.24, 2.45) is 13.0 Å². The molecule has 0 N–H and O–H groups in total. The van der Waals surface area contributed by atoms with Gasteiger partial charge in [0.15, 0.2) is 0 Å². The third kappa shape index (κ3) is 1.82. The maximum absolute atomic E-state index is 4.30. The number of hydrogen-bond acceptors (Lipinski definition) is 1. The normalized spacial score (nSPS) is 13.9. The first-order chi connectivity index (χ1) is 5.11. The minimum absolute atomic E-state index is 0.566. The number of aryl methyl sites for hydroxylation is 1. The summed E-state index contributed by atoms with van der Waals surface area (Å²) < 4.78 is 1.99. The molecule has 0 fully saturated rings. The Kier molecular flexibility index (Phi) is 2.32. The number of hydrogen-bond donors (Lipinski definition) is 0. The van der Waals surface area contributed by atoms with Crippen molar-refractivity contribution >= 4 is 0 Å². The van der Waals surface area contributed by atoms with Crippen LogP contribution < -0.4 is 0 Å². The van der Waals surface area contributed by atoms with Gasteiger partial charge >= 0.3 is 0 Å². The Morgan fingerprint density at radius 1 is 1.36 bits per heavy atom. The lowest BCUT2D eigenvalue weighted by atomic mass is 9.95.